The molecule has 0 aromatic heterocycles. The molecule has 112 valence electrons. The highest BCUT2D eigenvalue weighted by atomic mass is 19.2. The summed E-state index contributed by atoms with van der Waals surface area (Å²) in [6.07, 6.45) is -7.66. The molecule has 0 radical (unpaired) electrons. The number of aliphatic hydroxyl groups excluding tert-OH is 3. The zero-order valence-electron chi connectivity index (χ0n) is 10.1. The number of hydrogen-bond acceptors (Lipinski definition) is 6. The summed E-state index contributed by atoms with van der Waals surface area (Å²) >= 11 is 0. The van der Waals surface area contributed by atoms with Crippen LogP contribution in [0.1, 0.15) is 6.92 Å². The van der Waals surface area contributed by atoms with Crippen LogP contribution >= 0.6 is 0 Å². The number of hydrogen-bond donors (Lipinski definition) is 5. The van der Waals surface area contributed by atoms with Crippen molar-refractivity contribution in [2.45, 2.75) is 43.3 Å². The molecule has 1 aliphatic rings. The summed E-state index contributed by atoms with van der Waals surface area (Å²) < 4.78 is 32.1. The van der Waals surface area contributed by atoms with Crippen molar-refractivity contribution in [2.75, 3.05) is 6.61 Å². The second-order valence-corrected chi connectivity index (χ2v) is 4.61. The Labute approximate surface area is 107 Å². The fraction of sp³-hybridized carbons (Fsp3) is 0.900. The molecule has 1 aliphatic heterocycles. The number of carboxylic acid groups (broad SMARTS) is 1. The number of alkyl halides is 2. The van der Waals surface area contributed by atoms with Gasteiger partial charge < -0.3 is 30.9 Å². The molecule has 0 aliphatic carbocycles. The van der Waals surface area contributed by atoms with Crippen molar-refractivity contribution < 1.29 is 38.7 Å². The maximum Gasteiger partial charge on any atom is 0.372 e. The molecule has 19 heavy (non-hydrogen) atoms. The van der Waals surface area contributed by atoms with Crippen LogP contribution in [0.25, 0.3) is 0 Å². The molecule has 0 bridgehead atoms. The minimum Gasteiger partial charge on any atom is -0.477 e. The normalized spacial score (nSPS) is 42.7. The molecule has 7 nitrogen and oxygen atoms in total. The van der Waals surface area contributed by atoms with Crippen LogP contribution in [-0.2, 0) is 9.53 Å². The molecule has 7 atom stereocenters. The minimum absolute atomic E-state index is 0.853. The molecular formula is C10H17F2NO6. The topological polar surface area (TPSA) is 133 Å². The third kappa shape index (κ3) is 2.70. The first-order valence-electron chi connectivity index (χ1n) is 5.63. The van der Waals surface area contributed by atoms with Crippen LogP contribution < -0.4 is 5.73 Å². The van der Waals surface area contributed by atoms with Gasteiger partial charge in [-0.3, -0.25) is 0 Å². The maximum absolute atomic E-state index is 14.0. The van der Waals surface area contributed by atoms with Gasteiger partial charge in [-0.2, -0.15) is 4.39 Å². The van der Waals surface area contributed by atoms with Gasteiger partial charge in [-0.15, -0.1) is 0 Å². The van der Waals surface area contributed by atoms with E-state index >= 15 is 0 Å². The summed E-state index contributed by atoms with van der Waals surface area (Å²) in [5.74, 6) is -6.88. The molecule has 0 spiro atoms. The molecule has 0 aromatic carbocycles. The van der Waals surface area contributed by atoms with Gasteiger partial charge in [0.1, 0.15) is 12.2 Å². The number of aliphatic hydroxyl groups is 3. The third-order valence-electron chi connectivity index (χ3n) is 3.34. The second kappa shape index (κ2) is 5.63. The van der Waals surface area contributed by atoms with Crippen molar-refractivity contribution in [3.05, 3.63) is 0 Å². The Morgan fingerprint density at radius 3 is 2.47 bits per heavy atom. The summed E-state index contributed by atoms with van der Waals surface area (Å²) in [4.78, 5) is 10.8. The summed E-state index contributed by atoms with van der Waals surface area (Å²) in [6, 6.07) is -1.54. The highest BCUT2D eigenvalue weighted by Gasteiger charge is 2.60. The zero-order valence-corrected chi connectivity index (χ0v) is 10.1. The first-order valence-corrected chi connectivity index (χ1v) is 5.63. The van der Waals surface area contributed by atoms with Crippen LogP contribution in [0.5, 0.6) is 0 Å². The van der Waals surface area contributed by atoms with E-state index in [1.807, 2.05) is 0 Å². The lowest BCUT2D eigenvalue weighted by Gasteiger charge is -2.44. The Hall–Kier alpha value is -0.870. The number of aliphatic carboxylic acids is 1. The quantitative estimate of drug-likeness (QED) is 0.409. The van der Waals surface area contributed by atoms with Crippen molar-refractivity contribution in [1.29, 1.82) is 0 Å². The average Bonchev–Trinajstić information content (AvgIpc) is 2.38. The highest BCUT2D eigenvalue weighted by Crippen LogP contribution is 2.37. The molecular weight excluding hydrogens is 268 g/mol. The van der Waals surface area contributed by atoms with Gasteiger partial charge in [0, 0.05) is 12.0 Å². The molecule has 1 heterocycles. The lowest BCUT2D eigenvalue weighted by Crippen LogP contribution is -2.66. The fourth-order valence-corrected chi connectivity index (χ4v) is 1.98. The monoisotopic (exact) mass is 285 g/mol. The van der Waals surface area contributed by atoms with Crippen LogP contribution in [0.15, 0.2) is 0 Å². The molecule has 6 N–H and O–H groups in total. The SMILES string of the molecule is CC1C(N)C(F)C(F)(C(=O)O)OC1C(O)[C@H](O)CO. The standard InChI is InChI=1S/C10H17F2NO6/c1-3-5(13)8(11)10(12,9(17)18)19-7(3)6(16)4(15)2-14/h3-8,14-16H,2,13H2,1H3,(H,17,18)/t3?,4-,5?,6?,7?,8?,10?/m1/s1. The summed E-state index contributed by atoms with van der Waals surface area (Å²) in [7, 11) is 0. The Bertz CT molecular complexity index is 342. The van der Waals surface area contributed by atoms with Crippen molar-refractivity contribution in [3.8, 4) is 0 Å². The van der Waals surface area contributed by atoms with Crippen LogP contribution in [0, 0.1) is 5.92 Å². The Balaban J connectivity index is 3.04. The van der Waals surface area contributed by atoms with E-state index < -0.39 is 54.9 Å². The highest BCUT2D eigenvalue weighted by molar-refractivity contribution is 5.76. The van der Waals surface area contributed by atoms with Gasteiger partial charge in [0.2, 0.25) is 0 Å². The van der Waals surface area contributed by atoms with Gasteiger partial charge in [0.15, 0.2) is 6.17 Å². The summed E-state index contributed by atoms with van der Waals surface area (Å²) in [6.45, 7) is 0.463. The Morgan fingerprint density at radius 1 is 1.53 bits per heavy atom. The van der Waals surface area contributed by atoms with Crippen molar-refractivity contribution in [3.63, 3.8) is 0 Å². The van der Waals surface area contributed by atoms with Gasteiger partial charge in [0.25, 0.3) is 0 Å². The Kier molecular flexibility index (Phi) is 4.80. The van der Waals surface area contributed by atoms with Crippen LogP contribution in [0.4, 0.5) is 8.78 Å². The van der Waals surface area contributed by atoms with E-state index in [4.69, 9.17) is 15.9 Å². The molecule has 0 aromatic rings. The largest absolute Gasteiger partial charge is 0.477 e. The molecule has 9 heteroatoms. The van der Waals surface area contributed by atoms with Crippen molar-refractivity contribution in [1.82, 2.24) is 0 Å². The van der Waals surface area contributed by atoms with E-state index in [0.717, 1.165) is 0 Å². The summed E-state index contributed by atoms with van der Waals surface area (Å²) in [5, 5.41) is 36.3. The maximum atomic E-state index is 14.0. The molecule has 1 fully saturated rings. The number of rotatable bonds is 4. The van der Waals surface area contributed by atoms with Crippen LogP contribution in [0.2, 0.25) is 0 Å². The van der Waals surface area contributed by atoms with Gasteiger partial charge in [-0.1, -0.05) is 6.92 Å². The molecule has 6 unspecified atom stereocenters. The number of carbonyl (C=O) groups is 1. The van der Waals surface area contributed by atoms with Crippen LogP contribution in [-0.4, -0.2) is 69.4 Å². The van der Waals surface area contributed by atoms with Crippen molar-refractivity contribution >= 4 is 5.97 Å². The molecule has 0 saturated carbocycles. The number of nitrogens with two attached hydrogens (primary N) is 1. The first kappa shape index (κ1) is 16.2. The lowest BCUT2D eigenvalue weighted by atomic mass is 9.83. The smallest absolute Gasteiger partial charge is 0.372 e. The predicted molar refractivity (Wildman–Crippen MR) is 57.5 cm³/mol. The van der Waals surface area contributed by atoms with Gasteiger partial charge in [-0.05, 0) is 0 Å². The van der Waals surface area contributed by atoms with E-state index in [2.05, 4.69) is 4.74 Å². The van der Waals surface area contributed by atoms with Gasteiger partial charge in [-0.25, -0.2) is 9.18 Å². The average molecular weight is 285 g/mol. The van der Waals surface area contributed by atoms with E-state index in [-0.39, 0.29) is 0 Å². The number of carboxylic acids is 1. The van der Waals surface area contributed by atoms with E-state index in [1.54, 1.807) is 0 Å². The molecule has 1 rings (SSSR count). The van der Waals surface area contributed by atoms with Crippen molar-refractivity contribution in [2.24, 2.45) is 11.7 Å². The third-order valence-corrected chi connectivity index (χ3v) is 3.34. The summed E-state index contributed by atoms with van der Waals surface area (Å²) in [5.41, 5.74) is 5.39. The first-order chi connectivity index (χ1) is 8.66. The van der Waals surface area contributed by atoms with Crippen LogP contribution in [0.3, 0.4) is 0 Å². The predicted octanol–water partition coefficient (Wildman–Crippen LogP) is -1.85. The molecule has 1 saturated heterocycles. The minimum atomic E-state index is -3.70. The number of halogens is 2. The molecule has 0 amide bonds. The number of ether oxygens (including phenoxy) is 1. The van der Waals surface area contributed by atoms with E-state index in [0.29, 0.717) is 0 Å². The van der Waals surface area contributed by atoms with Gasteiger partial charge >= 0.3 is 11.8 Å². The van der Waals surface area contributed by atoms with Gasteiger partial charge in [0.05, 0.1) is 12.7 Å². The lowest BCUT2D eigenvalue weighted by molar-refractivity contribution is -0.282. The second-order valence-electron chi connectivity index (χ2n) is 4.61. The zero-order chi connectivity index (χ0) is 15.0. The van der Waals surface area contributed by atoms with E-state index in [9.17, 15) is 23.8 Å². The Morgan fingerprint density at radius 2 is 2.05 bits per heavy atom. The van der Waals surface area contributed by atoms with E-state index in [1.165, 1.54) is 6.92 Å². The fourth-order valence-electron chi connectivity index (χ4n) is 1.98.